The summed E-state index contributed by atoms with van der Waals surface area (Å²) >= 11 is 0. The van der Waals surface area contributed by atoms with Crippen molar-refractivity contribution in [2.24, 2.45) is 5.41 Å². The number of carbonyl (C=O) groups is 2. The van der Waals surface area contributed by atoms with Crippen LogP contribution in [0.15, 0.2) is 48.5 Å². The number of hydrogen-bond acceptors (Lipinski definition) is 3. The van der Waals surface area contributed by atoms with Gasteiger partial charge in [0, 0.05) is 0 Å². The van der Waals surface area contributed by atoms with E-state index in [0.29, 0.717) is 0 Å². The second kappa shape index (κ2) is 6.76. The van der Waals surface area contributed by atoms with Gasteiger partial charge in [-0.25, -0.2) is 0 Å². The molecule has 2 amide bonds. The second-order valence-electron chi connectivity index (χ2n) is 6.19. The highest BCUT2D eigenvalue weighted by Gasteiger charge is 2.57. The molecule has 1 saturated carbocycles. The quantitative estimate of drug-likeness (QED) is 0.797. The molecule has 2 N–H and O–H groups in total. The molecule has 2 aromatic rings. The Kier molecular flexibility index (Phi) is 4.62. The predicted molar refractivity (Wildman–Crippen MR) is 91.5 cm³/mol. The SMILES string of the molecule is N#Cc1ccccc1NC(=O)C1(C(=O)Nc2ccccc2C(F)(F)F)CC1. The lowest BCUT2D eigenvalue weighted by Crippen LogP contribution is -2.36. The van der Waals surface area contributed by atoms with E-state index in [1.165, 1.54) is 24.3 Å². The van der Waals surface area contributed by atoms with Crippen molar-refractivity contribution in [3.63, 3.8) is 0 Å². The Morgan fingerprint density at radius 3 is 2.00 bits per heavy atom. The van der Waals surface area contributed by atoms with Crippen LogP contribution in [0.25, 0.3) is 0 Å². The maximum Gasteiger partial charge on any atom is 0.418 e. The van der Waals surface area contributed by atoms with Crippen LogP contribution in [-0.4, -0.2) is 11.8 Å². The Bertz CT molecular complexity index is 944. The van der Waals surface area contributed by atoms with Crippen LogP contribution in [0, 0.1) is 16.7 Å². The first-order valence-electron chi connectivity index (χ1n) is 8.06. The number of nitrogens with one attached hydrogen (secondary N) is 2. The summed E-state index contributed by atoms with van der Waals surface area (Å²) in [6.07, 6.45) is -4.20. The zero-order valence-corrected chi connectivity index (χ0v) is 13.9. The minimum Gasteiger partial charge on any atom is -0.325 e. The van der Waals surface area contributed by atoms with Gasteiger partial charge in [-0.2, -0.15) is 18.4 Å². The number of nitrogens with zero attached hydrogens (tertiary/aromatic N) is 1. The summed E-state index contributed by atoms with van der Waals surface area (Å²) < 4.78 is 39.2. The molecular weight excluding hydrogens is 359 g/mol. The van der Waals surface area contributed by atoms with Gasteiger partial charge in [-0.05, 0) is 37.1 Å². The van der Waals surface area contributed by atoms with E-state index in [4.69, 9.17) is 5.26 Å². The number of amides is 2. The number of anilines is 2. The molecule has 1 aliphatic carbocycles. The number of carbonyl (C=O) groups excluding carboxylic acids is 2. The first-order valence-corrected chi connectivity index (χ1v) is 8.06. The van der Waals surface area contributed by atoms with Gasteiger partial charge in [0.1, 0.15) is 11.5 Å². The monoisotopic (exact) mass is 373 g/mol. The van der Waals surface area contributed by atoms with Crippen LogP contribution in [0.5, 0.6) is 0 Å². The van der Waals surface area contributed by atoms with Crippen molar-refractivity contribution in [3.05, 3.63) is 59.7 Å². The molecule has 0 bridgehead atoms. The summed E-state index contributed by atoms with van der Waals surface area (Å²) in [5.41, 5.74) is -2.35. The van der Waals surface area contributed by atoms with Gasteiger partial charge in [-0.15, -0.1) is 0 Å². The summed E-state index contributed by atoms with van der Waals surface area (Å²) in [4.78, 5) is 25.1. The molecule has 1 fully saturated rings. The number of nitriles is 1. The molecule has 138 valence electrons. The fraction of sp³-hybridized carbons (Fsp3) is 0.211. The summed E-state index contributed by atoms with van der Waals surface area (Å²) in [5.74, 6) is -1.45. The zero-order chi connectivity index (χ0) is 19.7. The number of rotatable bonds is 4. The Balaban J connectivity index is 1.80. The third kappa shape index (κ3) is 3.62. The van der Waals surface area contributed by atoms with Crippen LogP contribution in [-0.2, 0) is 15.8 Å². The lowest BCUT2D eigenvalue weighted by Gasteiger charge is -2.18. The average molecular weight is 373 g/mol. The van der Waals surface area contributed by atoms with Gasteiger partial charge in [0.05, 0.1) is 22.5 Å². The largest absolute Gasteiger partial charge is 0.418 e. The lowest BCUT2D eigenvalue weighted by molar-refractivity contribution is -0.137. The number of benzene rings is 2. The molecule has 0 unspecified atom stereocenters. The highest BCUT2D eigenvalue weighted by molar-refractivity contribution is 6.17. The Hall–Kier alpha value is -3.34. The third-order valence-corrected chi connectivity index (χ3v) is 4.40. The van der Waals surface area contributed by atoms with E-state index in [-0.39, 0.29) is 24.1 Å². The second-order valence-corrected chi connectivity index (χ2v) is 6.19. The summed E-state index contributed by atoms with van der Waals surface area (Å²) in [7, 11) is 0. The summed E-state index contributed by atoms with van der Waals surface area (Å²) in [5, 5.41) is 13.8. The van der Waals surface area contributed by atoms with Gasteiger partial charge in [-0.3, -0.25) is 9.59 Å². The van der Waals surface area contributed by atoms with Crippen LogP contribution >= 0.6 is 0 Å². The third-order valence-electron chi connectivity index (χ3n) is 4.40. The number of halogens is 3. The molecule has 1 aliphatic rings. The molecule has 0 radical (unpaired) electrons. The predicted octanol–water partition coefficient (Wildman–Crippen LogP) is 3.93. The first kappa shape index (κ1) is 18.5. The van der Waals surface area contributed by atoms with Crippen LogP contribution < -0.4 is 10.6 Å². The van der Waals surface area contributed by atoms with Crippen molar-refractivity contribution in [1.29, 1.82) is 5.26 Å². The van der Waals surface area contributed by atoms with Crippen molar-refractivity contribution < 1.29 is 22.8 Å². The molecule has 2 aromatic carbocycles. The number of para-hydroxylation sites is 2. The van der Waals surface area contributed by atoms with E-state index in [2.05, 4.69) is 10.6 Å². The highest BCUT2D eigenvalue weighted by atomic mass is 19.4. The normalized spacial score (nSPS) is 14.7. The Morgan fingerprint density at radius 1 is 0.926 bits per heavy atom. The van der Waals surface area contributed by atoms with Gasteiger partial charge < -0.3 is 10.6 Å². The lowest BCUT2D eigenvalue weighted by atomic mass is 10.0. The molecule has 3 rings (SSSR count). The molecule has 0 saturated heterocycles. The average Bonchev–Trinajstić information content (AvgIpc) is 3.44. The van der Waals surface area contributed by atoms with E-state index in [9.17, 15) is 22.8 Å². The molecule has 0 heterocycles. The van der Waals surface area contributed by atoms with Crippen LogP contribution in [0.2, 0.25) is 0 Å². The van der Waals surface area contributed by atoms with Gasteiger partial charge in [-0.1, -0.05) is 24.3 Å². The molecule has 8 heteroatoms. The standard InChI is InChI=1S/C19H14F3N3O2/c20-19(21,22)13-6-2-4-8-15(13)25-17(27)18(9-10-18)16(26)24-14-7-3-1-5-12(14)11-23/h1-8H,9-10H2,(H,24,26)(H,25,27). The topological polar surface area (TPSA) is 82.0 Å². The summed E-state index contributed by atoms with van der Waals surface area (Å²) in [6.45, 7) is 0. The van der Waals surface area contributed by atoms with E-state index in [0.717, 1.165) is 12.1 Å². The Morgan fingerprint density at radius 2 is 1.44 bits per heavy atom. The van der Waals surface area contributed by atoms with Crippen LogP contribution in [0.3, 0.4) is 0 Å². The molecule has 5 nitrogen and oxygen atoms in total. The van der Waals surface area contributed by atoms with Gasteiger partial charge in [0.15, 0.2) is 0 Å². The fourth-order valence-electron chi connectivity index (χ4n) is 2.70. The van der Waals surface area contributed by atoms with Crippen LogP contribution in [0.1, 0.15) is 24.0 Å². The van der Waals surface area contributed by atoms with Gasteiger partial charge in [0.2, 0.25) is 11.8 Å². The van der Waals surface area contributed by atoms with Crippen molar-refractivity contribution >= 4 is 23.2 Å². The maximum absolute atomic E-state index is 13.1. The van der Waals surface area contributed by atoms with E-state index >= 15 is 0 Å². The van der Waals surface area contributed by atoms with Crippen molar-refractivity contribution in [1.82, 2.24) is 0 Å². The Labute approximate surface area is 152 Å². The van der Waals surface area contributed by atoms with E-state index in [1.54, 1.807) is 12.1 Å². The molecule has 0 spiro atoms. The van der Waals surface area contributed by atoms with Gasteiger partial charge >= 0.3 is 6.18 Å². The van der Waals surface area contributed by atoms with E-state index < -0.39 is 34.7 Å². The van der Waals surface area contributed by atoms with Crippen molar-refractivity contribution in [2.45, 2.75) is 19.0 Å². The number of alkyl halides is 3. The summed E-state index contributed by atoms with van der Waals surface area (Å²) in [6, 6.07) is 12.8. The molecule has 0 atom stereocenters. The van der Waals surface area contributed by atoms with Gasteiger partial charge in [0.25, 0.3) is 0 Å². The molecule has 0 aliphatic heterocycles. The molecule has 0 aromatic heterocycles. The fourth-order valence-corrected chi connectivity index (χ4v) is 2.70. The van der Waals surface area contributed by atoms with Crippen molar-refractivity contribution in [2.75, 3.05) is 10.6 Å². The first-order chi connectivity index (χ1) is 12.8. The van der Waals surface area contributed by atoms with E-state index in [1.807, 2.05) is 6.07 Å². The van der Waals surface area contributed by atoms with Crippen LogP contribution in [0.4, 0.5) is 24.5 Å². The smallest absolute Gasteiger partial charge is 0.325 e. The minimum atomic E-state index is -4.63. The minimum absolute atomic E-state index is 0.216. The zero-order valence-electron chi connectivity index (χ0n) is 13.9. The maximum atomic E-state index is 13.1. The highest BCUT2D eigenvalue weighted by Crippen LogP contribution is 2.48. The van der Waals surface area contributed by atoms with Crippen molar-refractivity contribution in [3.8, 4) is 6.07 Å². The molecular formula is C19H14F3N3O2. The number of hydrogen-bond donors (Lipinski definition) is 2. The molecule has 27 heavy (non-hydrogen) atoms.